The average Bonchev–Trinajstić information content (AvgIpc) is 2.96. The molecule has 2 amide bonds. The van der Waals surface area contributed by atoms with E-state index in [4.69, 9.17) is 4.74 Å². The van der Waals surface area contributed by atoms with Gasteiger partial charge in [0.05, 0.1) is 12.6 Å². The van der Waals surface area contributed by atoms with Gasteiger partial charge in [0, 0.05) is 19.6 Å². The summed E-state index contributed by atoms with van der Waals surface area (Å²) in [4.78, 5) is 16.5. The molecule has 1 heterocycles. The van der Waals surface area contributed by atoms with Gasteiger partial charge >= 0.3 is 6.03 Å². The molecule has 5 nitrogen and oxygen atoms in total. The van der Waals surface area contributed by atoms with Crippen molar-refractivity contribution in [3.63, 3.8) is 0 Å². The zero-order valence-electron chi connectivity index (χ0n) is 14.7. The highest BCUT2D eigenvalue weighted by molar-refractivity contribution is 5.75. The number of amides is 2. The van der Waals surface area contributed by atoms with Crippen molar-refractivity contribution in [3.8, 4) is 5.75 Å². The van der Waals surface area contributed by atoms with E-state index in [-0.39, 0.29) is 12.1 Å². The predicted octanol–water partition coefficient (Wildman–Crippen LogP) is 2.74. The topological polar surface area (TPSA) is 44.8 Å². The summed E-state index contributed by atoms with van der Waals surface area (Å²) in [7, 11) is 4.16. The van der Waals surface area contributed by atoms with Crippen molar-refractivity contribution in [1.29, 1.82) is 0 Å². The van der Waals surface area contributed by atoms with Crippen molar-refractivity contribution in [2.45, 2.75) is 26.3 Å². The van der Waals surface area contributed by atoms with Gasteiger partial charge in [-0.3, -0.25) is 0 Å². The van der Waals surface area contributed by atoms with Crippen molar-refractivity contribution in [1.82, 2.24) is 15.1 Å². The van der Waals surface area contributed by atoms with Gasteiger partial charge in [-0.15, -0.1) is 0 Å². The lowest BCUT2D eigenvalue weighted by Crippen LogP contribution is -2.40. The molecule has 1 saturated heterocycles. The zero-order valence-corrected chi connectivity index (χ0v) is 14.7. The molecule has 1 aliphatic rings. The molecule has 2 rings (SSSR count). The number of ether oxygens (including phenoxy) is 1. The molecule has 1 aliphatic heterocycles. The molecular weight excluding hydrogens is 290 g/mol. The van der Waals surface area contributed by atoms with Gasteiger partial charge in [-0.05, 0) is 58.0 Å². The second-order valence-corrected chi connectivity index (χ2v) is 6.54. The van der Waals surface area contributed by atoms with Crippen LogP contribution in [0.15, 0.2) is 24.3 Å². The molecule has 23 heavy (non-hydrogen) atoms. The van der Waals surface area contributed by atoms with Crippen LogP contribution in [-0.4, -0.2) is 56.2 Å². The molecule has 1 aromatic rings. The summed E-state index contributed by atoms with van der Waals surface area (Å²) in [5.41, 5.74) is 1.09. The number of carbonyl (C=O) groups excluding carboxylic acids is 1. The van der Waals surface area contributed by atoms with Crippen LogP contribution < -0.4 is 10.1 Å². The summed E-state index contributed by atoms with van der Waals surface area (Å²) >= 11 is 0. The van der Waals surface area contributed by atoms with Crippen molar-refractivity contribution < 1.29 is 9.53 Å². The Hall–Kier alpha value is -1.75. The molecule has 128 valence electrons. The van der Waals surface area contributed by atoms with Crippen LogP contribution in [0.4, 0.5) is 4.79 Å². The second-order valence-electron chi connectivity index (χ2n) is 6.54. The van der Waals surface area contributed by atoms with Crippen molar-refractivity contribution in [2.24, 2.45) is 5.92 Å². The fourth-order valence-electron chi connectivity index (χ4n) is 3.06. The zero-order chi connectivity index (χ0) is 16.8. The van der Waals surface area contributed by atoms with E-state index in [1.165, 1.54) is 0 Å². The van der Waals surface area contributed by atoms with Crippen LogP contribution >= 0.6 is 0 Å². The van der Waals surface area contributed by atoms with Crippen LogP contribution in [0.3, 0.4) is 0 Å². The number of hydrogen-bond acceptors (Lipinski definition) is 3. The fraction of sp³-hybridized carbons (Fsp3) is 0.611. The van der Waals surface area contributed by atoms with Crippen molar-refractivity contribution in [2.75, 3.05) is 40.3 Å². The van der Waals surface area contributed by atoms with Gasteiger partial charge in [0.2, 0.25) is 0 Å². The maximum Gasteiger partial charge on any atom is 0.317 e. The van der Waals surface area contributed by atoms with E-state index in [9.17, 15) is 4.79 Å². The lowest BCUT2D eigenvalue weighted by atomic mass is 10.1. The number of rotatable bonds is 6. The normalized spacial score (nSPS) is 19.0. The van der Waals surface area contributed by atoms with Gasteiger partial charge in [0.25, 0.3) is 0 Å². The predicted molar refractivity (Wildman–Crippen MR) is 92.8 cm³/mol. The Balaban J connectivity index is 1.85. The van der Waals surface area contributed by atoms with E-state index in [0.717, 1.165) is 37.4 Å². The number of benzene rings is 1. The lowest BCUT2D eigenvalue weighted by molar-refractivity contribution is 0.202. The van der Waals surface area contributed by atoms with Gasteiger partial charge < -0.3 is 19.9 Å². The van der Waals surface area contributed by atoms with Crippen LogP contribution in [0, 0.1) is 5.92 Å². The standard InChI is InChI=1S/C18H29N3O2/c1-5-23-17-8-6-16(7-9-17)14(2)19-18(22)21-11-10-15(13-21)12-20(3)4/h6-9,14-15H,5,10-13H2,1-4H3,(H,19,22)/t14-,15-/m1/s1. The number of nitrogens with zero attached hydrogens (tertiary/aromatic N) is 2. The first-order chi connectivity index (χ1) is 11.0. The molecule has 0 saturated carbocycles. The van der Waals surface area contributed by atoms with Gasteiger partial charge in [-0.1, -0.05) is 12.1 Å². The largest absolute Gasteiger partial charge is 0.494 e. The molecule has 0 aromatic heterocycles. The van der Waals surface area contributed by atoms with E-state index in [1.54, 1.807) is 0 Å². The first-order valence-electron chi connectivity index (χ1n) is 8.42. The molecule has 0 unspecified atom stereocenters. The summed E-state index contributed by atoms with van der Waals surface area (Å²) in [6, 6.07) is 7.94. The summed E-state index contributed by atoms with van der Waals surface area (Å²) in [5.74, 6) is 1.44. The molecule has 0 bridgehead atoms. The Morgan fingerprint density at radius 2 is 2.09 bits per heavy atom. The van der Waals surface area contributed by atoms with E-state index < -0.39 is 0 Å². The van der Waals surface area contributed by atoms with E-state index in [0.29, 0.717) is 12.5 Å². The Bertz CT molecular complexity index is 501. The Kier molecular flexibility index (Phi) is 6.28. The minimum absolute atomic E-state index is 0.00826. The highest BCUT2D eigenvalue weighted by atomic mass is 16.5. The number of likely N-dealkylation sites (tertiary alicyclic amines) is 1. The fourth-order valence-corrected chi connectivity index (χ4v) is 3.06. The van der Waals surface area contributed by atoms with Crippen LogP contribution in [0.5, 0.6) is 5.75 Å². The quantitative estimate of drug-likeness (QED) is 0.877. The maximum absolute atomic E-state index is 12.4. The summed E-state index contributed by atoms with van der Waals surface area (Å²) in [6.45, 7) is 7.38. The van der Waals surface area contributed by atoms with Crippen LogP contribution in [0.25, 0.3) is 0 Å². The third kappa shape index (κ3) is 5.13. The third-order valence-corrected chi connectivity index (χ3v) is 4.23. The SMILES string of the molecule is CCOc1ccc([C@@H](C)NC(=O)N2CC[C@H](CN(C)C)C2)cc1. The average molecular weight is 319 g/mol. The molecule has 0 spiro atoms. The molecule has 2 atom stereocenters. The van der Waals surface area contributed by atoms with Gasteiger partial charge in [0.1, 0.15) is 5.75 Å². The highest BCUT2D eigenvalue weighted by Gasteiger charge is 2.27. The number of urea groups is 1. The maximum atomic E-state index is 12.4. The van der Waals surface area contributed by atoms with Crippen molar-refractivity contribution in [3.05, 3.63) is 29.8 Å². The Morgan fingerprint density at radius 3 is 2.70 bits per heavy atom. The molecule has 1 fully saturated rings. The minimum atomic E-state index is -0.00826. The molecule has 5 heteroatoms. The van der Waals surface area contributed by atoms with E-state index in [1.807, 2.05) is 43.0 Å². The van der Waals surface area contributed by atoms with E-state index in [2.05, 4.69) is 24.3 Å². The lowest BCUT2D eigenvalue weighted by Gasteiger charge is -2.22. The van der Waals surface area contributed by atoms with Gasteiger partial charge in [-0.25, -0.2) is 4.79 Å². The molecule has 0 radical (unpaired) electrons. The number of hydrogen-bond donors (Lipinski definition) is 1. The second kappa shape index (κ2) is 8.20. The van der Waals surface area contributed by atoms with Gasteiger partial charge in [0.15, 0.2) is 0 Å². The van der Waals surface area contributed by atoms with Gasteiger partial charge in [-0.2, -0.15) is 0 Å². The smallest absolute Gasteiger partial charge is 0.317 e. The summed E-state index contributed by atoms with van der Waals surface area (Å²) < 4.78 is 5.45. The summed E-state index contributed by atoms with van der Waals surface area (Å²) in [5, 5.41) is 3.10. The minimum Gasteiger partial charge on any atom is -0.494 e. The first-order valence-corrected chi connectivity index (χ1v) is 8.42. The summed E-state index contributed by atoms with van der Waals surface area (Å²) in [6.07, 6.45) is 1.09. The van der Waals surface area contributed by atoms with E-state index >= 15 is 0 Å². The third-order valence-electron chi connectivity index (χ3n) is 4.23. The first kappa shape index (κ1) is 17.6. The van der Waals surface area contributed by atoms with Crippen molar-refractivity contribution >= 4 is 6.03 Å². The molecule has 1 N–H and O–H groups in total. The monoisotopic (exact) mass is 319 g/mol. The molecule has 1 aromatic carbocycles. The Labute approximate surface area is 139 Å². The molecular formula is C18H29N3O2. The van der Waals surface area contributed by atoms with Crippen LogP contribution in [-0.2, 0) is 0 Å². The Morgan fingerprint density at radius 1 is 1.39 bits per heavy atom. The number of nitrogens with one attached hydrogen (secondary N) is 1. The molecule has 0 aliphatic carbocycles. The van der Waals surface area contributed by atoms with Crippen LogP contribution in [0.1, 0.15) is 31.9 Å². The van der Waals surface area contributed by atoms with Crippen LogP contribution in [0.2, 0.25) is 0 Å². The number of carbonyl (C=O) groups is 1. The highest BCUT2D eigenvalue weighted by Crippen LogP contribution is 2.20.